The van der Waals surface area contributed by atoms with Crippen molar-refractivity contribution in [2.45, 2.75) is 24.7 Å². The summed E-state index contributed by atoms with van der Waals surface area (Å²) >= 11 is 0. The molecule has 3 rings (SSSR count). The lowest BCUT2D eigenvalue weighted by molar-refractivity contribution is 0.0675. The Balaban J connectivity index is 1.44. The zero-order valence-corrected chi connectivity index (χ0v) is 15.8. The third-order valence-corrected chi connectivity index (χ3v) is 6.90. The molecule has 0 N–H and O–H groups in total. The summed E-state index contributed by atoms with van der Waals surface area (Å²) in [5.41, 5.74) is 0.593. The highest BCUT2D eigenvalue weighted by molar-refractivity contribution is 7.91. The van der Waals surface area contributed by atoms with Crippen molar-refractivity contribution < 1.29 is 17.9 Å². The number of hydrogen-bond donors (Lipinski definition) is 0. The normalized spacial score (nSPS) is 22.4. The second kappa shape index (κ2) is 8.38. The van der Waals surface area contributed by atoms with Gasteiger partial charge >= 0.3 is 0 Å². The predicted octanol–water partition coefficient (Wildman–Crippen LogP) is 1.76. The number of rotatable bonds is 6. The molecular formula is C19H26N2O4S. The molecule has 7 heteroatoms. The van der Waals surface area contributed by atoms with Crippen molar-refractivity contribution in [3.05, 3.63) is 29.8 Å². The van der Waals surface area contributed by atoms with Gasteiger partial charge in [0.15, 0.2) is 9.84 Å². The first kappa shape index (κ1) is 19.2. The van der Waals surface area contributed by atoms with Gasteiger partial charge in [0.25, 0.3) is 0 Å². The smallest absolute Gasteiger partial charge is 0.152 e. The van der Waals surface area contributed by atoms with Crippen molar-refractivity contribution in [3.8, 4) is 11.8 Å². The molecule has 0 saturated carbocycles. The highest BCUT2D eigenvalue weighted by Gasteiger charge is 2.34. The molecule has 0 amide bonds. The zero-order valence-electron chi connectivity index (χ0n) is 15.0. The SMILES string of the molecule is N#CC1(c2ccc(OCCCN3CCS(=O)(=O)CC3)cc2)CCOCC1. The van der Waals surface area contributed by atoms with Gasteiger partial charge in [0.05, 0.1) is 29.6 Å². The van der Waals surface area contributed by atoms with E-state index in [1.165, 1.54) is 0 Å². The minimum absolute atomic E-state index is 0.265. The Morgan fingerprint density at radius 3 is 2.42 bits per heavy atom. The number of benzene rings is 1. The van der Waals surface area contributed by atoms with Crippen molar-refractivity contribution in [3.63, 3.8) is 0 Å². The topological polar surface area (TPSA) is 79.6 Å². The standard InChI is InChI=1S/C19H26N2O4S/c20-16-19(6-12-24-13-7-19)17-2-4-18(5-3-17)25-11-1-8-21-9-14-26(22,23)15-10-21/h2-5H,1,6-15H2. The van der Waals surface area contributed by atoms with Crippen molar-refractivity contribution in [2.24, 2.45) is 0 Å². The van der Waals surface area contributed by atoms with Crippen LogP contribution in [0, 0.1) is 11.3 Å². The Kier molecular flexibility index (Phi) is 6.17. The van der Waals surface area contributed by atoms with Crippen LogP contribution in [0.25, 0.3) is 0 Å². The molecule has 0 radical (unpaired) electrons. The average Bonchev–Trinajstić information content (AvgIpc) is 2.67. The minimum atomic E-state index is -2.81. The third kappa shape index (κ3) is 4.76. The first-order valence-corrected chi connectivity index (χ1v) is 11.0. The fourth-order valence-corrected chi connectivity index (χ4v) is 4.78. The van der Waals surface area contributed by atoms with E-state index in [-0.39, 0.29) is 11.5 Å². The van der Waals surface area contributed by atoms with Crippen LogP contribution in [0.2, 0.25) is 0 Å². The van der Waals surface area contributed by atoms with Crippen LogP contribution >= 0.6 is 0 Å². The molecule has 2 fully saturated rings. The molecule has 0 spiro atoms. The lowest BCUT2D eigenvalue weighted by Gasteiger charge is -2.31. The molecule has 1 aromatic carbocycles. The van der Waals surface area contributed by atoms with Gasteiger partial charge in [0, 0.05) is 32.8 Å². The number of nitrogens with zero attached hydrogens (tertiary/aromatic N) is 2. The van der Waals surface area contributed by atoms with Crippen LogP contribution in [0.4, 0.5) is 0 Å². The van der Waals surface area contributed by atoms with E-state index in [1.54, 1.807) is 0 Å². The van der Waals surface area contributed by atoms with Crippen molar-refractivity contribution in [1.29, 1.82) is 5.26 Å². The number of sulfone groups is 1. The molecule has 26 heavy (non-hydrogen) atoms. The molecule has 0 bridgehead atoms. The Morgan fingerprint density at radius 1 is 1.15 bits per heavy atom. The maximum Gasteiger partial charge on any atom is 0.152 e. The van der Waals surface area contributed by atoms with Crippen LogP contribution in [0.3, 0.4) is 0 Å². The Hall–Kier alpha value is -1.62. The summed E-state index contributed by atoms with van der Waals surface area (Å²) in [7, 11) is -2.81. The van der Waals surface area contributed by atoms with Crippen molar-refractivity contribution in [1.82, 2.24) is 4.90 Å². The fourth-order valence-electron chi connectivity index (χ4n) is 3.51. The van der Waals surface area contributed by atoms with Gasteiger partial charge in [0.1, 0.15) is 5.75 Å². The van der Waals surface area contributed by atoms with E-state index < -0.39 is 15.3 Å². The summed E-state index contributed by atoms with van der Waals surface area (Å²) in [5.74, 6) is 1.33. The lowest BCUT2D eigenvalue weighted by atomic mass is 9.75. The summed E-state index contributed by atoms with van der Waals surface area (Å²) in [6.07, 6.45) is 2.33. The van der Waals surface area contributed by atoms with Crippen LogP contribution in [0.1, 0.15) is 24.8 Å². The monoisotopic (exact) mass is 378 g/mol. The highest BCUT2D eigenvalue weighted by Crippen LogP contribution is 2.34. The largest absolute Gasteiger partial charge is 0.494 e. The van der Waals surface area contributed by atoms with E-state index in [1.807, 2.05) is 24.3 Å². The zero-order chi connectivity index (χ0) is 18.5. The maximum atomic E-state index is 11.4. The number of nitriles is 1. The van der Waals surface area contributed by atoms with Gasteiger partial charge in [-0.25, -0.2) is 8.42 Å². The molecule has 2 aliphatic rings. The van der Waals surface area contributed by atoms with Gasteiger partial charge in [-0.1, -0.05) is 12.1 Å². The first-order chi connectivity index (χ1) is 12.5. The second-order valence-electron chi connectivity index (χ2n) is 7.03. The molecule has 2 heterocycles. The van der Waals surface area contributed by atoms with Gasteiger partial charge in [-0.2, -0.15) is 5.26 Å². The molecule has 0 aliphatic carbocycles. The van der Waals surface area contributed by atoms with E-state index in [0.29, 0.717) is 32.9 Å². The Morgan fingerprint density at radius 2 is 1.81 bits per heavy atom. The van der Waals surface area contributed by atoms with E-state index in [2.05, 4.69) is 11.0 Å². The van der Waals surface area contributed by atoms with Gasteiger partial charge in [-0.3, -0.25) is 0 Å². The number of ether oxygens (including phenoxy) is 2. The van der Waals surface area contributed by atoms with Crippen LogP contribution in [0.15, 0.2) is 24.3 Å². The predicted molar refractivity (Wildman–Crippen MR) is 99.0 cm³/mol. The molecule has 0 unspecified atom stereocenters. The van der Waals surface area contributed by atoms with Gasteiger partial charge in [0.2, 0.25) is 0 Å². The van der Waals surface area contributed by atoms with Crippen LogP contribution in [-0.4, -0.2) is 64.3 Å². The van der Waals surface area contributed by atoms with Gasteiger partial charge in [-0.15, -0.1) is 0 Å². The highest BCUT2D eigenvalue weighted by atomic mass is 32.2. The molecular weight excluding hydrogens is 352 g/mol. The average molecular weight is 378 g/mol. The summed E-state index contributed by atoms with van der Waals surface area (Å²) in [5, 5.41) is 9.61. The summed E-state index contributed by atoms with van der Waals surface area (Å²) in [6, 6.07) is 10.3. The van der Waals surface area contributed by atoms with E-state index in [9.17, 15) is 13.7 Å². The molecule has 142 valence electrons. The summed E-state index contributed by atoms with van der Waals surface area (Å²) in [6.45, 7) is 3.95. The summed E-state index contributed by atoms with van der Waals surface area (Å²) in [4.78, 5) is 2.18. The lowest BCUT2D eigenvalue weighted by Crippen LogP contribution is -2.40. The minimum Gasteiger partial charge on any atom is -0.494 e. The van der Waals surface area contributed by atoms with Crippen LogP contribution in [0.5, 0.6) is 5.75 Å². The Labute approximate surface area is 155 Å². The molecule has 0 atom stereocenters. The molecule has 2 aliphatic heterocycles. The summed E-state index contributed by atoms with van der Waals surface area (Å²) < 4.78 is 34.0. The second-order valence-corrected chi connectivity index (χ2v) is 9.33. The number of hydrogen-bond acceptors (Lipinski definition) is 6. The molecule has 2 saturated heterocycles. The fraction of sp³-hybridized carbons (Fsp3) is 0.632. The van der Waals surface area contributed by atoms with Gasteiger partial charge < -0.3 is 14.4 Å². The molecule has 6 nitrogen and oxygen atoms in total. The van der Waals surface area contributed by atoms with Crippen LogP contribution in [-0.2, 0) is 20.0 Å². The van der Waals surface area contributed by atoms with Crippen molar-refractivity contribution >= 4 is 9.84 Å². The molecule has 0 aromatic heterocycles. The van der Waals surface area contributed by atoms with Gasteiger partial charge in [-0.05, 0) is 37.0 Å². The van der Waals surface area contributed by atoms with E-state index >= 15 is 0 Å². The quantitative estimate of drug-likeness (QED) is 0.702. The van der Waals surface area contributed by atoms with E-state index in [0.717, 1.165) is 37.1 Å². The van der Waals surface area contributed by atoms with Crippen molar-refractivity contribution in [2.75, 3.05) is 51.0 Å². The molecule has 1 aromatic rings. The van der Waals surface area contributed by atoms with Crippen LogP contribution < -0.4 is 4.74 Å². The third-order valence-electron chi connectivity index (χ3n) is 5.29. The van der Waals surface area contributed by atoms with E-state index in [4.69, 9.17) is 9.47 Å². The maximum absolute atomic E-state index is 11.4. The Bertz CT molecular complexity index is 720. The first-order valence-electron chi connectivity index (χ1n) is 9.18.